The molecule has 0 aromatic heterocycles. The Morgan fingerprint density at radius 2 is 1.47 bits per heavy atom. The Labute approximate surface area is 115 Å². The van der Waals surface area contributed by atoms with Gasteiger partial charge in [-0.2, -0.15) is 0 Å². The third kappa shape index (κ3) is 2.33. The predicted octanol–water partition coefficient (Wildman–Crippen LogP) is 4.30. The maximum absolute atomic E-state index is 4.79. The van der Waals surface area contributed by atoms with Crippen LogP contribution in [0.1, 0.15) is 30.9 Å². The fourth-order valence-corrected chi connectivity index (χ4v) is 2.87. The first-order chi connectivity index (χ1) is 9.19. The van der Waals surface area contributed by atoms with Crippen LogP contribution in [0.25, 0.3) is 0 Å². The molecule has 0 radical (unpaired) electrons. The van der Waals surface area contributed by atoms with Crippen LogP contribution in [0.4, 0.5) is 0 Å². The van der Waals surface area contributed by atoms with Crippen molar-refractivity contribution in [3.8, 4) is 0 Å². The molecule has 2 aromatic carbocycles. The summed E-state index contributed by atoms with van der Waals surface area (Å²) in [4.78, 5) is 4.79. The van der Waals surface area contributed by atoms with Gasteiger partial charge in [0, 0.05) is 12.1 Å². The topological polar surface area (TPSA) is 12.4 Å². The number of rotatable bonds is 3. The summed E-state index contributed by atoms with van der Waals surface area (Å²) in [6.45, 7) is 4.61. The lowest BCUT2D eigenvalue weighted by atomic mass is 10.0. The Kier molecular flexibility index (Phi) is 2.98. The second-order valence-corrected chi connectivity index (χ2v) is 5.84. The smallest absolute Gasteiger partial charge is 0.0631 e. The van der Waals surface area contributed by atoms with Crippen LogP contribution >= 0.6 is 0 Å². The van der Waals surface area contributed by atoms with E-state index >= 15 is 0 Å². The molecule has 19 heavy (non-hydrogen) atoms. The summed E-state index contributed by atoms with van der Waals surface area (Å²) in [5.74, 6) is 0.550. The molecular formula is C18H19N. The summed E-state index contributed by atoms with van der Waals surface area (Å²) in [6, 6.07) is 21.4. The number of aliphatic imine (C=N–C) groups is 1. The van der Waals surface area contributed by atoms with Gasteiger partial charge in [0.15, 0.2) is 0 Å². The summed E-state index contributed by atoms with van der Waals surface area (Å²) >= 11 is 0. The summed E-state index contributed by atoms with van der Waals surface area (Å²) < 4.78 is 0. The highest BCUT2D eigenvalue weighted by Crippen LogP contribution is 2.60. The highest BCUT2D eigenvalue weighted by molar-refractivity contribution is 5.80. The minimum atomic E-state index is 0.270. The molecule has 96 valence electrons. The Hall–Kier alpha value is -1.89. The van der Waals surface area contributed by atoms with Crippen LogP contribution in [0.3, 0.4) is 0 Å². The molecular weight excluding hydrogens is 230 g/mol. The van der Waals surface area contributed by atoms with Crippen LogP contribution in [0.15, 0.2) is 65.7 Å². The van der Waals surface area contributed by atoms with Crippen LogP contribution in [-0.4, -0.2) is 12.3 Å². The molecule has 3 rings (SSSR count). The molecule has 1 aliphatic carbocycles. The van der Waals surface area contributed by atoms with E-state index in [1.807, 2.05) is 24.4 Å². The lowest BCUT2D eigenvalue weighted by Crippen LogP contribution is -1.92. The van der Waals surface area contributed by atoms with Crippen molar-refractivity contribution in [3.63, 3.8) is 0 Å². The van der Waals surface area contributed by atoms with Gasteiger partial charge in [0.2, 0.25) is 0 Å². The van der Waals surface area contributed by atoms with Crippen LogP contribution < -0.4 is 0 Å². The van der Waals surface area contributed by atoms with Gasteiger partial charge in [-0.1, -0.05) is 74.5 Å². The first-order valence-electron chi connectivity index (χ1n) is 6.83. The van der Waals surface area contributed by atoms with Crippen molar-refractivity contribution in [3.05, 3.63) is 71.8 Å². The molecule has 2 aromatic rings. The fourth-order valence-electron chi connectivity index (χ4n) is 2.87. The van der Waals surface area contributed by atoms with Crippen molar-refractivity contribution in [2.75, 3.05) is 0 Å². The standard InChI is InChI=1S/C18H19N/c1-18(2)16(15-11-7-4-8-12-15)17(18)19-13-14-9-5-3-6-10-14/h3-13,16-17H,1-2H3. The molecule has 0 saturated heterocycles. The molecule has 2 unspecified atom stereocenters. The van der Waals surface area contributed by atoms with E-state index in [9.17, 15) is 0 Å². The van der Waals surface area contributed by atoms with Crippen LogP contribution in [0, 0.1) is 5.41 Å². The van der Waals surface area contributed by atoms with E-state index in [0.29, 0.717) is 12.0 Å². The first-order valence-corrected chi connectivity index (χ1v) is 6.83. The predicted molar refractivity (Wildman–Crippen MR) is 80.8 cm³/mol. The molecule has 1 fully saturated rings. The van der Waals surface area contributed by atoms with Crippen molar-refractivity contribution in [2.24, 2.45) is 10.4 Å². The fraction of sp³-hybridized carbons (Fsp3) is 0.278. The molecule has 1 heteroatoms. The zero-order valence-corrected chi connectivity index (χ0v) is 11.5. The van der Waals surface area contributed by atoms with Gasteiger partial charge in [-0.25, -0.2) is 0 Å². The average Bonchev–Trinajstić information content (AvgIpc) is 3.00. The van der Waals surface area contributed by atoms with Gasteiger partial charge in [-0.05, 0) is 16.5 Å². The van der Waals surface area contributed by atoms with E-state index in [-0.39, 0.29) is 5.41 Å². The molecule has 0 amide bonds. The van der Waals surface area contributed by atoms with Gasteiger partial charge in [0.05, 0.1) is 6.04 Å². The molecule has 0 aliphatic heterocycles. The van der Waals surface area contributed by atoms with Crippen molar-refractivity contribution in [1.82, 2.24) is 0 Å². The third-order valence-corrected chi connectivity index (χ3v) is 4.11. The van der Waals surface area contributed by atoms with Gasteiger partial charge in [-0.15, -0.1) is 0 Å². The molecule has 1 saturated carbocycles. The third-order valence-electron chi connectivity index (χ3n) is 4.11. The minimum Gasteiger partial charge on any atom is -0.288 e. The zero-order chi connectivity index (χ0) is 13.3. The summed E-state index contributed by atoms with van der Waals surface area (Å²) in [5.41, 5.74) is 2.85. The second kappa shape index (κ2) is 4.65. The lowest BCUT2D eigenvalue weighted by molar-refractivity contribution is 0.600. The number of hydrogen-bond acceptors (Lipinski definition) is 1. The minimum absolute atomic E-state index is 0.270. The quantitative estimate of drug-likeness (QED) is 0.719. The average molecular weight is 249 g/mol. The maximum atomic E-state index is 4.79. The van der Waals surface area contributed by atoms with Crippen molar-refractivity contribution < 1.29 is 0 Å². The van der Waals surface area contributed by atoms with E-state index in [1.165, 1.54) is 11.1 Å². The summed E-state index contributed by atoms with van der Waals surface area (Å²) in [7, 11) is 0. The monoisotopic (exact) mass is 249 g/mol. The molecule has 0 N–H and O–H groups in total. The molecule has 0 heterocycles. The van der Waals surface area contributed by atoms with E-state index in [2.05, 4.69) is 56.3 Å². The molecule has 1 nitrogen and oxygen atoms in total. The zero-order valence-electron chi connectivity index (χ0n) is 11.5. The number of nitrogens with zero attached hydrogens (tertiary/aromatic N) is 1. The van der Waals surface area contributed by atoms with Crippen LogP contribution in [0.2, 0.25) is 0 Å². The summed E-state index contributed by atoms with van der Waals surface area (Å²) in [5, 5.41) is 0. The van der Waals surface area contributed by atoms with Crippen molar-refractivity contribution >= 4 is 6.21 Å². The van der Waals surface area contributed by atoms with Crippen LogP contribution in [-0.2, 0) is 0 Å². The Morgan fingerprint density at radius 1 is 0.895 bits per heavy atom. The Bertz CT molecular complexity index is 569. The van der Waals surface area contributed by atoms with E-state index < -0.39 is 0 Å². The van der Waals surface area contributed by atoms with Gasteiger partial charge >= 0.3 is 0 Å². The number of hydrogen-bond donors (Lipinski definition) is 0. The lowest BCUT2D eigenvalue weighted by Gasteiger charge is -2.00. The second-order valence-electron chi connectivity index (χ2n) is 5.84. The molecule has 0 spiro atoms. The van der Waals surface area contributed by atoms with E-state index in [4.69, 9.17) is 4.99 Å². The van der Waals surface area contributed by atoms with Gasteiger partial charge in [-0.3, -0.25) is 4.99 Å². The molecule has 0 bridgehead atoms. The Morgan fingerprint density at radius 3 is 2.11 bits per heavy atom. The van der Waals surface area contributed by atoms with Gasteiger partial charge in [0.1, 0.15) is 0 Å². The van der Waals surface area contributed by atoms with Gasteiger partial charge < -0.3 is 0 Å². The van der Waals surface area contributed by atoms with Crippen molar-refractivity contribution in [1.29, 1.82) is 0 Å². The maximum Gasteiger partial charge on any atom is 0.0631 e. The molecule has 1 aliphatic rings. The Balaban J connectivity index is 1.78. The van der Waals surface area contributed by atoms with Crippen LogP contribution in [0.5, 0.6) is 0 Å². The normalized spacial score (nSPS) is 24.5. The highest BCUT2D eigenvalue weighted by Gasteiger charge is 2.58. The van der Waals surface area contributed by atoms with E-state index in [0.717, 1.165) is 0 Å². The largest absolute Gasteiger partial charge is 0.288 e. The van der Waals surface area contributed by atoms with E-state index in [1.54, 1.807) is 0 Å². The highest BCUT2D eigenvalue weighted by atomic mass is 14.9. The number of benzene rings is 2. The SMILES string of the molecule is CC1(C)C(N=Cc2ccccc2)C1c1ccccc1. The van der Waals surface area contributed by atoms with Crippen molar-refractivity contribution in [2.45, 2.75) is 25.8 Å². The first kappa shape index (κ1) is 12.2. The van der Waals surface area contributed by atoms with Gasteiger partial charge in [0.25, 0.3) is 0 Å². The molecule has 2 atom stereocenters. The summed E-state index contributed by atoms with van der Waals surface area (Å²) in [6.07, 6.45) is 2.01.